The van der Waals surface area contributed by atoms with Crippen molar-refractivity contribution in [3.63, 3.8) is 0 Å². The van der Waals surface area contributed by atoms with Crippen LogP contribution in [0.2, 0.25) is 0 Å². The van der Waals surface area contributed by atoms with E-state index < -0.39 is 11.8 Å². The van der Waals surface area contributed by atoms with Gasteiger partial charge >= 0.3 is 11.8 Å². The molecule has 1 N–H and O–H groups in total. The van der Waals surface area contributed by atoms with E-state index in [2.05, 4.69) is 10.3 Å². The first kappa shape index (κ1) is 20.6. The Morgan fingerprint density at radius 1 is 0.966 bits per heavy atom. The number of nitrogens with one attached hydrogen (secondary N) is 1. The van der Waals surface area contributed by atoms with Crippen LogP contribution in [-0.4, -0.2) is 34.8 Å². The quantitative estimate of drug-likeness (QED) is 0.597. The van der Waals surface area contributed by atoms with Crippen LogP contribution in [0.3, 0.4) is 0 Å². The number of amides is 2. The van der Waals surface area contributed by atoms with Gasteiger partial charge < -0.3 is 10.2 Å². The van der Waals surface area contributed by atoms with Crippen molar-refractivity contribution in [2.45, 2.75) is 23.1 Å². The van der Waals surface area contributed by atoms with Crippen molar-refractivity contribution in [3.8, 4) is 0 Å². The summed E-state index contributed by atoms with van der Waals surface area (Å²) in [6.45, 7) is 2.82. The number of para-hydroxylation sites is 1. The number of pyridine rings is 1. The van der Waals surface area contributed by atoms with Crippen LogP contribution in [0.4, 0.5) is 5.69 Å². The summed E-state index contributed by atoms with van der Waals surface area (Å²) < 4.78 is 0. The van der Waals surface area contributed by atoms with Gasteiger partial charge in [0.1, 0.15) is 0 Å². The molecule has 0 aliphatic rings. The molecule has 6 heteroatoms. The first-order chi connectivity index (χ1) is 14.2. The number of hydrogen-bond donors (Lipinski definition) is 1. The minimum atomic E-state index is -0.623. The lowest BCUT2D eigenvalue weighted by atomic mass is 10.2. The van der Waals surface area contributed by atoms with Gasteiger partial charge in [-0.25, -0.2) is 0 Å². The van der Waals surface area contributed by atoms with Gasteiger partial charge in [0.2, 0.25) is 0 Å². The normalized spacial score (nSPS) is 10.4. The lowest BCUT2D eigenvalue weighted by Crippen LogP contribution is -2.40. The van der Waals surface area contributed by atoms with E-state index in [4.69, 9.17) is 0 Å². The average Bonchev–Trinajstić information content (AvgIpc) is 2.77. The molecule has 2 amide bonds. The highest BCUT2D eigenvalue weighted by molar-refractivity contribution is 7.99. The van der Waals surface area contributed by atoms with Crippen molar-refractivity contribution in [1.82, 2.24) is 9.88 Å². The summed E-state index contributed by atoms with van der Waals surface area (Å²) in [6.07, 6.45) is 4.12. The molecule has 0 spiro atoms. The number of hydrogen-bond acceptors (Lipinski definition) is 4. The fourth-order valence-electron chi connectivity index (χ4n) is 2.81. The third-order valence-electron chi connectivity index (χ3n) is 4.39. The lowest BCUT2D eigenvalue weighted by molar-refractivity contribution is -0.143. The monoisotopic (exact) mass is 405 g/mol. The van der Waals surface area contributed by atoms with Crippen molar-refractivity contribution in [2.24, 2.45) is 0 Å². The van der Waals surface area contributed by atoms with E-state index in [0.29, 0.717) is 25.2 Å². The summed E-state index contributed by atoms with van der Waals surface area (Å²) in [5.74, 6) is -1.15. The second-order valence-electron chi connectivity index (χ2n) is 6.36. The molecule has 29 heavy (non-hydrogen) atoms. The molecule has 3 rings (SSSR count). The number of aromatic nitrogens is 1. The van der Waals surface area contributed by atoms with Crippen LogP contribution in [0.1, 0.15) is 12.5 Å². The van der Waals surface area contributed by atoms with Crippen LogP contribution >= 0.6 is 11.8 Å². The first-order valence-corrected chi connectivity index (χ1v) is 10.3. The molecule has 2 aromatic carbocycles. The predicted molar refractivity (Wildman–Crippen MR) is 116 cm³/mol. The summed E-state index contributed by atoms with van der Waals surface area (Å²) >= 11 is 1.54. The molecule has 5 nitrogen and oxygen atoms in total. The van der Waals surface area contributed by atoms with Gasteiger partial charge in [-0.3, -0.25) is 14.6 Å². The standard InChI is InChI=1S/C23H23N3O2S/c1-2-26(17-14-18-12-15-24-16-13-18)23(28)22(27)25-20-10-6-7-11-21(20)29-19-8-4-3-5-9-19/h3-13,15-16H,2,14,17H2,1H3,(H,25,27). The molecule has 0 radical (unpaired) electrons. The maximum Gasteiger partial charge on any atom is 0.313 e. The Labute approximate surface area is 175 Å². The maximum atomic E-state index is 12.7. The number of rotatable bonds is 7. The summed E-state index contributed by atoms with van der Waals surface area (Å²) in [7, 11) is 0. The Balaban J connectivity index is 1.65. The summed E-state index contributed by atoms with van der Waals surface area (Å²) in [6, 6.07) is 21.2. The number of benzene rings is 2. The Hall–Kier alpha value is -3.12. The maximum absolute atomic E-state index is 12.7. The van der Waals surface area contributed by atoms with Crippen LogP contribution in [0, 0.1) is 0 Å². The van der Waals surface area contributed by atoms with E-state index in [-0.39, 0.29) is 0 Å². The number of nitrogens with zero attached hydrogens (tertiary/aromatic N) is 2. The van der Waals surface area contributed by atoms with Gasteiger partial charge in [0, 0.05) is 35.3 Å². The molecule has 0 unspecified atom stereocenters. The molecular formula is C23H23N3O2S. The molecular weight excluding hydrogens is 382 g/mol. The van der Waals surface area contributed by atoms with E-state index in [1.54, 1.807) is 29.1 Å². The molecule has 0 saturated carbocycles. The van der Waals surface area contributed by atoms with Gasteiger partial charge in [-0.15, -0.1) is 0 Å². The summed E-state index contributed by atoms with van der Waals surface area (Å²) in [5.41, 5.74) is 1.71. The molecule has 148 valence electrons. The summed E-state index contributed by atoms with van der Waals surface area (Å²) in [4.78, 5) is 32.8. The predicted octanol–water partition coefficient (Wildman–Crippen LogP) is 4.26. The van der Waals surface area contributed by atoms with E-state index >= 15 is 0 Å². The average molecular weight is 406 g/mol. The van der Waals surface area contributed by atoms with Gasteiger partial charge in [-0.2, -0.15) is 0 Å². The third-order valence-corrected chi connectivity index (χ3v) is 5.47. The Kier molecular flexibility index (Phi) is 7.41. The van der Waals surface area contributed by atoms with Gasteiger partial charge in [-0.05, 0) is 55.3 Å². The minimum Gasteiger partial charge on any atom is -0.334 e. The van der Waals surface area contributed by atoms with Gasteiger partial charge in [0.15, 0.2) is 0 Å². The number of likely N-dealkylation sites (N-methyl/N-ethyl adjacent to an activating group) is 1. The van der Waals surface area contributed by atoms with Crippen molar-refractivity contribution in [1.29, 1.82) is 0 Å². The molecule has 0 aliphatic carbocycles. The third kappa shape index (κ3) is 5.93. The zero-order valence-electron chi connectivity index (χ0n) is 16.2. The van der Waals surface area contributed by atoms with Crippen LogP contribution in [-0.2, 0) is 16.0 Å². The first-order valence-electron chi connectivity index (χ1n) is 9.48. The Bertz CT molecular complexity index is 949. The van der Waals surface area contributed by atoms with Crippen molar-refractivity contribution in [2.75, 3.05) is 18.4 Å². The molecule has 0 bridgehead atoms. The minimum absolute atomic E-state index is 0.470. The van der Waals surface area contributed by atoms with Crippen molar-refractivity contribution < 1.29 is 9.59 Å². The largest absolute Gasteiger partial charge is 0.334 e. The molecule has 0 saturated heterocycles. The molecule has 0 aliphatic heterocycles. The van der Waals surface area contributed by atoms with Crippen molar-refractivity contribution in [3.05, 3.63) is 84.7 Å². The second kappa shape index (κ2) is 10.4. The molecule has 1 aromatic heterocycles. The van der Waals surface area contributed by atoms with E-state index in [1.807, 2.05) is 73.7 Å². The van der Waals surface area contributed by atoms with E-state index in [1.165, 1.54) is 0 Å². The summed E-state index contributed by atoms with van der Waals surface area (Å²) in [5, 5.41) is 2.78. The van der Waals surface area contributed by atoms with E-state index in [0.717, 1.165) is 15.4 Å². The second-order valence-corrected chi connectivity index (χ2v) is 7.47. The van der Waals surface area contributed by atoms with Gasteiger partial charge in [0.25, 0.3) is 0 Å². The van der Waals surface area contributed by atoms with E-state index in [9.17, 15) is 9.59 Å². The molecule has 3 aromatic rings. The smallest absolute Gasteiger partial charge is 0.313 e. The highest BCUT2D eigenvalue weighted by Crippen LogP contribution is 2.33. The SMILES string of the molecule is CCN(CCc1ccncc1)C(=O)C(=O)Nc1ccccc1Sc1ccccc1. The van der Waals surface area contributed by atoms with Gasteiger partial charge in [-0.1, -0.05) is 42.1 Å². The van der Waals surface area contributed by atoms with Crippen LogP contribution < -0.4 is 5.32 Å². The topological polar surface area (TPSA) is 62.3 Å². The Morgan fingerprint density at radius 3 is 2.38 bits per heavy atom. The highest BCUT2D eigenvalue weighted by atomic mass is 32.2. The van der Waals surface area contributed by atoms with Crippen LogP contribution in [0.5, 0.6) is 0 Å². The van der Waals surface area contributed by atoms with Gasteiger partial charge in [0.05, 0.1) is 5.69 Å². The fourth-order valence-corrected chi connectivity index (χ4v) is 3.73. The zero-order valence-corrected chi connectivity index (χ0v) is 17.1. The molecule has 1 heterocycles. The Morgan fingerprint density at radius 2 is 1.66 bits per heavy atom. The fraction of sp³-hybridized carbons (Fsp3) is 0.174. The van der Waals surface area contributed by atoms with Crippen molar-refractivity contribution >= 4 is 29.3 Å². The zero-order chi connectivity index (χ0) is 20.5. The van der Waals surface area contributed by atoms with Crippen LogP contribution in [0.15, 0.2) is 88.9 Å². The lowest BCUT2D eigenvalue weighted by Gasteiger charge is -2.20. The highest BCUT2D eigenvalue weighted by Gasteiger charge is 2.21. The molecule has 0 atom stereocenters. The van der Waals surface area contributed by atoms with Crippen LogP contribution in [0.25, 0.3) is 0 Å². The molecule has 0 fully saturated rings. The number of anilines is 1. The number of carbonyl (C=O) groups is 2. The number of carbonyl (C=O) groups excluding carboxylic acids is 2.